The van der Waals surface area contributed by atoms with E-state index in [4.69, 9.17) is 5.73 Å². The van der Waals surface area contributed by atoms with Crippen molar-refractivity contribution < 1.29 is 4.79 Å². The number of anilines is 1. The van der Waals surface area contributed by atoms with Crippen LogP contribution in [0.4, 0.5) is 5.69 Å². The van der Waals surface area contributed by atoms with E-state index in [0.29, 0.717) is 5.56 Å². The first-order valence-corrected chi connectivity index (χ1v) is 6.04. The minimum absolute atomic E-state index is 0.371. The van der Waals surface area contributed by atoms with E-state index in [0.717, 1.165) is 30.4 Å². The van der Waals surface area contributed by atoms with Gasteiger partial charge >= 0.3 is 0 Å². The number of nitrogens with one attached hydrogen (secondary N) is 2. The molecular weight excluding hydrogens is 214 g/mol. The molecule has 1 aliphatic rings. The zero-order chi connectivity index (χ0) is 12.3. The van der Waals surface area contributed by atoms with Crippen LogP contribution >= 0.6 is 0 Å². The fourth-order valence-corrected chi connectivity index (χ4v) is 1.82. The van der Waals surface area contributed by atoms with Crippen LogP contribution in [0.1, 0.15) is 28.8 Å². The van der Waals surface area contributed by atoms with Gasteiger partial charge in [0.05, 0.1) is 0 Å². The predicted octanol–water partition coefficient (Wildman–Crippen LogP) is 1.26. The normalized spacial score (nSPS) is 14.6. The molecule has 1 saturated carbocycles. The number of rotatable bonds is 6. The minimum Gasteiger partial charge on any atom is -0.384 e. The van der Waals surface area contributed by atoms with Gasteiger partial charge < -0.3 is 16.4 Å². The Balaban J connectivity index is 1.83. The molecule has 1 amide bonds. The maximum Gasteiger partial charge on any atom is 0.248 e. The number of nitrogens with two attached hydrogens (primary N) is 1. The van der Waals surface area contributed by atoms with Crippen LogP contribution in [-0.2, 0) is 0 Å². The van der Waals surface area contributed by atoms with Crippen molar-refractivity contribution >= 4 is 11.6 Å². The molecule has 1 fully saturated rings. The number of benzene rings is 1. The summed E-state index contributed by atoms with van der Waals surface area (Å²) in [7, 11) is 0. The van der Waals surface area contributed by atoms with E-state index in [9.17, 15) is 4.79 Å². The van der Waals surface area contributed by atoms with E-state index in [1.165, 1.54) is 12.8 Å². The van der Waals surface area contributed by atoms with Gasteiger partial charge in [0, 0.05) is 30.4 Å². The van der Waals surface area contributed by atoms with Gasteiger partial charge in [-0.2, -0.15) is 0 Å². The Morgan fingerprint density at radius 3 is 2.76 bits per heavy atom. The molecule has 0 spiro atoms. The highest BCUT2D eigenvalue weighted by atomic mass is 16.1. The number of carbonyl (C=O) groups is 1. The van der Waals surface area contributed by atoms with E-state index in [-0.39, 0.29) is 5.91 Å². The van der Waals surface area contributed by atoms with Gasteiger partial charge in [-0.15, -0.1) is 0 Å². The molecule has 1 aliphatic carbocycles. The van der Waals surface area contributed by atoms with Crippen molar-refractivity contribution in [3.05, 3.63) is 29.3 Å². The van der Waals surface area contributed by atoms with E-state index in [1.54, 1.807) is 6.07 Å². The second-order valence-electron chi connectivity index (χ2n) is 4.55. The molecule has 4 heteroatoms. The molecule has 92 valence electrons. The van der Waals surface area contributed by atoms with Gasteiger partial charge in [0.15, 0.2) is 0 Å². The van der Waals surface area contributed by atoms with Gasteiger partial charge in [-0.1, -0.05) is 0 Å². The fourth-order valence-electron chi connectivity index (χ4n) is 1.82. The third-order valence-corrected chi connectivity index (χ3v) is 2.96. The molecule has 4 nitrogen and oxygen atoms in total. The summed E-state index contributed by atoms with van der Waals surface area (Å²) >= 11 is 0. The van der Waals surface area contributed by atoms with E-state index < -0.39 is 0 Å². The van der Waals surface area contributed by atoms with E-state index in [1.807, 2.05) is 19.1 Å². The molecule has 2 rings (SSSR count). The molecule has 0 radical (unpaired) electrons. The fraction of sp³-hybridized carbons (Fsp3) is 0.462. The summed E-state index contributed by atoms with van der Waals surface area (Å²) < 4.78 is 0. The van der Waals surface area contributed by atoms with Crippen LogP contribution < -0.4 is 16.4 Å². The van der Waals surface area contributed by atoms with E-state index >= 15 is 0 Å². The number of hydrogen-bond donors (Lipinski definition) is 3. The molecule has 4 N–H and O–H groups in total. The quantitative estimate of drug-likeness (QED) is 0.648. The monoisotopic (exact) mass is 233 g/mol. The van der Waals surface area contributed by atoms with Crippen LogP contribution in [0.5, 0.6) is 0 Å². The average Bonchev–Trinajstić information content (AvgIpc) is 3.08. The van der Waals surface area contributed by atoms with Gasteiger partial charge in [-0.25, -0.2) is 0 Å². The van der Waals surface area contributed by atoms with Crippen LogP contribution in [0, 0.1) is 6.92 Å². The number of amides is 1. The standard InChI is InChI=1S/C13H19N3O/c1-9-8-11(4-5-12(9)13(14)17)16-7-6-15-10-2-3-10/h4-5,8,10,15-16H,2-3,6-7H2,1H3,(H2,14,17). The van der Waals surface area contributed by atoms with Crippen LogP contribution in [0.3, 0.4) is 0 Å². The van der Waals surface area contributed by atoms with Gasteiger partial charge in [0.25, 0.3) is 0 Å². The highest BCUT2D eigenvalue weighted by molar-refractivity contribution is 5.94. The summed E-state index contributed by atoms with van der Waals surface area (Å²) in [6.45, 7) is 3.76. The van der Waals surface area contributed by atoms with Crippen molar-refractivity contribution in [1.29, 1.82) is 0 Å². The van der Waals surface area contributed by atoms with Gasteiger partial charge in [-0.3, -0.25) is 4.79 Å². The number of hydrogen-bond acceptors (Lipinski definition) is 3. The van der Waals surface area contributed by atoms with Crippen molar-refractivity contribution in [2.24, 2.45) is 5.73 Å². The Morgan fingerprint density at radius 1 is 1.41 bits per heavy atom. The second-order valence-corrected chi connectivity index (χ2v) is 4.55. The zero-order valence-corrected chi connectivity index (χ0v) is 10.1. The van der Waals surface area contributed by atoms with Crippen molar-refractivity contribution in [3.8, 4) is 0 Å². The lowest BCUT2D eigenvalue weighted by atomic mass is 10.1. The Morgan fingerprint density at radius 2 is 2.18 bits per heavy atom. The van der Waals surface area contributed by atoms with Gasteiger partial charge in [0.1, 0.15) is 0 Å². The zero-order valence-electron chi connectivity index (χ0n) is 10.1. The van der Waals surface area contributed by atoms with Crippen LogP contribution in [0.25, 0.3) is 0 Å². The highest BCUT2D eigenvalue weighted by Crippen LogP contribution is 2.18. The first-order valence-electron chi connectivity index (χ1n) is 6.04. The molecule has 0 atom stereocenters. The Labute approximate surface area is 102 Å². The molecule has 0 saturated heterocycles. The largest absolute Gasteiger partial charge is 0.384 e. The number of carbonyl (C=O) groups excluding carboxylic acids is 1. The third kappa shape index (κ3) is 3.46. The third-order valence-electron chi connectivity index (χ3n) is 2.96. The van der Waals surface area contributed by atoms with Crippen molar-refractivity contribution in [2.45, 2.75) is 25.8 Å². The average molecular weight is 233 g/mol. The highest BCUT2D eigenvalue weighted by Gasteiger charge is 2.19. The van der Waals surface area contributed by atoms with Crippen molar-refractivity contribution in [1.82, 2.24) is 5.32 Å². The summed E-state index contributed by atoms with van der Waals surface area (Å²) in [6, 6.07) is 6.37. The lowest BCUT2D eigenvalue weighted by Gasteiger charge is -2.09. The summed E-state index contributed by atoms with van der Waals surface area (Å²) in [5, 5.41) is 6.75. The lowest BCUT2D eigenvalue weighted by Crippen LogP contribution is -2.24. The van der Waals surface area contributed by atoms with Crippen molar-refractivity contribution in [2.75, 3.05) is 18.4 Å². The molecular formula is C13H19N3O. The molecule has 1 aromatic carbocycles. The molecule has 17 heavy (non-hydrogen) atoms. The molecule has 0 heterocycles. The first kappa shape index (κ1) is 11.9. The lowest BCUT2D eigenvalue weighted by molar-refractivity contribution is 0.1000. The Hall–Kier alpha value is -1.55. The SMILES string of the molecule is Cc1cc(NCCNC2CC2)ccc1C(N)=O. The summed E-state index contributed by atoms with van der Waals surface area (Å²) in [6.07, 6.45) is 2.62. The summed E-state index contributed by atoms with van der Waals surface area (Å²) in [5.74, 6) is -0.371. The maximum absolute atomic E-state index is 11.1. The predicted molar refractivity (Wildman–Crippen MR) is 69.2 cm³/mol. The topological polar surface area (TPSA) is 67.2 Å². The van der Waals surface area contributed by atoms with E-state index in [2.05, 4.69) is 10.6 Å². The minimum atomic E-state index is -0.371. The smallest absolute Gasteiger partial charge is 0.248 e. The van der Waals surface area contributed by atoms with Crippen LogP contribution in [0.2, 0.25) is 0 Å². The van der Waals surface area contributed by atoms with Crippen LogP contribution in [-0.4, -0.2) is 25.0 Å². The Kier molecular flexibility index (Phi) is 3.64. The molecule has 0 bridgehead atoms. The summed E-state index contributed by atoms with van der Waals surface area (Å²) in [4.78, 5) is 11.1. The van der Waals surface area contributed by atoms with Gasteiger partial charge in [-0.05, 0) is 43.5 Å². The molecule has 0 unspecified atom stereocenters. The molecule has 0 aliphatic heterocycles. The number of primary amides is 1. The molecule has 1 aromatic rings. The van der Waals surface area contributed by atoms with Gasteiger partial charge in [0.2, 0.25) is 5.91 Å². The maximum atomic E-state index is 11.1. The second kappa shape index (κ2) is 5.19. The van der Waals surface area contributed by atoms with Crippen LogP contribution in [0.15, 0.2) is 18.2 Å². The Bertz CT molecular complexity index is 413. The first-order chi connectivity index (χ1) is 8.16. The van der Waals surface area contributed by atoms with Crippen molar-refractivity contribution in [3.63, 3.8) is 0 Å². The number of aryl methyl sites for hydroxylation is 1. The molecule has 0 aromatic heterocycles. The summed E-state index contributed by atoms with van der Waals surface area (Å²) in [5.41, 5.74) is 7.79.